The van der Waals surface area contributed by atoms with E-state index in [0.29, 0.717) is 12.0 Å². The Bertz CT molecular complexity index is 1400. The van der Waals surface area contributed by atoms with E-state index >= 15 is 0 Å². The molecule has 1 rings (SSSR count). The maximum atomic E-state index is 13.1. The molecule has 0 saturated carbocycles. The molecule has 8 heteroatoms. The van der Waals surface area contributed by atoms with Crippen LogP contribution in [0.3, 0.4) is 0 Å². The minimum atomic E-state index is -1.58. The fraction of sp³-hybridized carbons (Fsp3) is 0.410. The maximum Gasteiger partial charge on any atom is 0.307 e. The van der Waals surface area contributed by atoms with Crippen LogP contribution < -0.4 is 5.32 Å². The molecular weight excluding hydrogens is 594 g/mol. The number of aliphatic hydroxyl groups is 3. The quantitative estimate of drug-likeness (QED) is 0.112. The first-order valence-electron chi connectivity index (χ1n) is 15.7. The number of rotatable bonds is 17. The largest absolute Gasteiger partial charge is 0.454 e. The van der Waals surface area contributed by atoms with E-state index in [9.17, 15) is 29.7 Å². The van der Waals surface area contributed by atoms with Gasteiger partial charge < -0.3 is 25.4 Å². The summed E-state index contributed by atoms with van der Waals surface area (Å²) in [6.07, 6.45) is 24.6. The van der Waals surface area contributed by atoms with E-state index in [0.717, 1.165) is 27.9 Å². The summed E-state index contributed by atoms with van der Waals surface area (Å²) in [7, 11) is 0. The third-order valence-corrected chi connectivity index (χ3v) is 7.73. The first-order chi connectivity index (χ1) is 22.1. The zero-order valence-electron chi connectivity index (χ0n) is 29.0. The van der Waals surface area contributed by atoms with Gasteiger partial charge in [0.2, 0.25) is 5.91 Å². The normalized spacial score (nSPS) is 18.7. The highest BCUT2D eigenvalue weighted by molar-refractivity contribution is 6.01. The lowest BCUT2D eigenvalue weighted by atomic mass is 9.71. The number of esters is 1. The van der Waals surface area contributed by atoms with Crippen LogP contribution >= 0.6 is 0 Å². The molecule has 0 spiro atoms. The molecule has 0 aromatic carbocycles. The van der Waals surface area contributed by atoms with Crippen LogP contribution in [0.2, 0.25) is 0 Å². The van der Waals surface area contributed by atoms with Gasteiger partial charge in [-0.25, -0.2) is 0 Å². The number of aliphatic hydroxyl groups excluding tert-OH is 3. The van der Waals surface area contributed by atoms with Gasteiger partial charge in [0.15, 0.2) is 11.9 Å². The standard InChI is InChI=1S/C39H53NO7/c1-9-28(2)16-12-17-29(3)14-10-11-15-30(4)18-13-19-31(5)20-21-33-32(6)37(46)34(24-38(33,7)8)47-36(45)23-22-35(44)40-39(25-41,26-42)27-43/h9-21,34,41-43H,1,22-27H2,2-8H3,(H,40,44). The summed E-state index contributed by atoms with van der Waals surface area (Å²) in [5, 5.41) is 30.4. The molecule has 1 amide bonds. The Balaban J connectivity index is 2.82. The second-order valence-corrected chi connectivity index (χ2v) is 12.6. The Morgan fingerprint density at radius 3 is 1.85 bits per heavy atom. The van der Waals surface area contributed by atoms with Crippen LogP contribution in [0.25, 0.3) is 0 Å². The summed E-state index contributed by atoms with van der Waals surface area (Å²) >= 11 is 0. The van der Waals surface area contributed by atoms with Crippen LogP contribution in [0.1, 0.15) is 67.7 Å². The molecule has 1 unspecified atom stereocenters. The Hall–Kier alpha value is -4.11. The van der Waals surface area contributed by atoms with Gasteiger partial charge in [-0.05, 0) is 51.2 Å². The third-order valence-electron chi connectivity index (χ3n) is 7.73. The van der Waals surface area contributed by atoms with Crippen molar-refractivity contribution in [2.45, 2.75) is 79.4 Å². The molecule has 4 N–H and O–H groups in total. The van der Waals surface area contributed by atoms with Crippen LogP contribution in [0.4, 0.5) is 0 Å². The Labute approximate surface area is 280 Å². The number of hydrogen-bond acceptors (Lipinski definition) is 7. The molecular formula is C39H53NO7. The van der Waals surface area contributed by atoms with E-state index in [1.54, 1.807) is 6.92 Å². The van der Waals surface area contributed by atoms with Gasteiger partial charge in [0.1, 0.15) is 5.54 Å². The number of Topliss-reactive ketones (excluding diaryl/α,β-unsaturated/α-hetero) is 1. The van der Waals surface area contributed by atoms with Gasteiger partial charge in [-0.3, -0.25) is 14.4 Å². The molecule has 0 aromatic heterocycles. The van der Waals surface area contributed by atoms with E-state index in [-0.39, 0.29) is 18.6 Å². The fourth-order valence-corrected chi connectivity index (χ4v) is 4.62. The molecule has 0 aromatic rings. The van der Waals surface area contributed by atoms with E-state index in [1.807, 2.05) is 121 Å². The molecule has 1 aliphatic rings. The van der Waals surface area contributed by atoms with Crippen LogP contribution in [0.15, 0.2) is 119 Å². The second kappa shape index (κ2) is 20.2. The molecule has 0 aliphatic heterocycles. The summed E-state index contributed by atoms with van der Waals surface area (Å²) in [4.78, 5) is 37.8. The molecule has 1 aliphatic carbocycles. The lowest BCUT2D eigenvalue weighted by Crippen LogP contribution is -2.57. The third kappa shape index (κ3) is 14.5. The molecule has 0 saturated heterocycles. The van der Waals surface area contributed by atoms with Crippen molar-refractivity contribution in [2.75, 3.05) is 19.8 Å². The highest BCUT2D eigenvalue weighted by Gasteiger charge is 2.40. The van der Waals surface area contributed by atoms with Crippen molar-refractivity contribution in [1.82, 2.24) is 5.32 Å². The minimum Gasteiger partial charge on any atom is -0.454 e. The van der Waals surface area contributed by atoms with Crippen molar-refractivity contribution in [3.63, 3.8) is 0 Å². The predicted octanol–water partition coefficient (Wildman–Crippen LogP) is 6.02. The lowest BCUT2D eigenvalue weighted by molar-refractivity contribution is -0.156. The van der Waals surface area contributed by atoms with E-state index in [4.69, 9.17) is 4.74 Å². The number of nitrogens with one attached hydrogen (secondary N) is 1. The van der Waals surface area contributed by atoms with E-state index in [2.05, 4.69) is 11.9 Å². The molecule has 0 radical (unpaired) electrons. The van der Waals surface area contributed by atoms with Crippen molar-refractivity contribution in [3.8, 4) is 0 Å². The van der Waals surface area contributed by atoms with Gasteiger partial charge in [-0.15, -0.1) is 0 Å². The first kappa shape index (κ1) is 40.9. The van der Waals surface area contributed by atoms with Gasteiger partial charge in [0, 0.05) is 12.8 Å². The number of amides is 1. The fourth-order valence-electron chi connectivity index (χ4n) is 4.62. The number of hydrogen-bond donors (Lipinski definition) is 4. The van der Waals surface area contributed by atoms with Crippen molar-refractivity contribution < 1.29 is 34.4 Å². The van der Waals surface area contributed by atoms with Gasteiger partial charge in [0.05, 0.1) is 26.2 Å². The molecule has 1 atom stereocenters. The summed E-state index contributed by atoms with van der Waals surface area (Å²) in [6.45, 7) is 15.5. The average molecular weight is 648 g/mol. The smallest absolute Gasteiger partial charge is 0.307 e. The summed E-state index contributed by atoms with van der Waals surface area (Å²) in [5.74, 6) is -1.63. The highest BCUT2D eigenvalue weighted by Crippen LogP contribution is 2.40. The van der Waals surface area contributed by atoms with Crippen LogP contribution in [0.5, 0.6) is 0 Å². The van der Waals surface area contributed by atoms with Crippen molar-refractivity contribution in [3.05, 3.63) is 119 Å². The molecule has 8 nitrogen and oxygen atoms in total. The molecule has 47 heavy (non-hydrogen) atoms. The SMILES string of the molecule is C=CC(C)=CC=CC(C)=CC=CC=C(C)C=CC=C(C)C=CC1=C(C)C(=O)C(OC(=O)CCC(=O)NC(CO)(CO)CO)CC1(C)C. The highest BCUT2D eigenvalue weighted by atomic mass is 16.5. The van der Waals surface area contributed by atoms with E-state index in [1.165, 1.54) is 0 Å². The Kier molecular flexibility index (Phi) is 17.6. The number of ketones is 1. The van der Waals surface area contributed by atoms with Gasteiger partial charge in [0.25, 0.3) is 0 Å². The van der Waals surface area contributed by atoms with Crippen molar-refractivity contribution in [1.29, 1.82) is 0 Å². The van der Waals surface area contributed by atoms with Gasteiger partial charge in [-0.1, -0.05) is 122 Å². The maximum absolute atomic E-state index is 13.1. The first-order valence-corrected chi connectivity index (χ1v) is 15.7. The molecule has 0 fully saturated rings. The van der Waals surface area contributed by atoms with Crippen LogP contribution in [-0.2, 0) is 19.1 Å². The monoisotopic (exact) mass is 647 g/mol. The summed E-state index contributed by atoms with van der Waals surface area (Å²) in [6, 6.07) is 0. The Morgan fingerprint density at radius 2 is 1.34 bits per heavy atom. The van der Waals surface area contributed by atoms with Gasteiger partial charge in [-0.2, -0.15) is 0 Å². The minimum absolute atomic E-state index is 0.280. The Morgan fingerprint density at radius 1 is 0.851 bits per heavy atom. The average Bonchev–Trinajstić information content (AvgIpc) is 3.03. The molecule has 256 valence electrons. The van der Waals surface area contributed by atoms with Gasteiger partial charge >= 0.3 is 5.97 Å². The topological polar surface area (TPSA) is 133 Å². The number of ether oxygens (including phenoxy) is 1. The number of allylic oxidation sites excluding steroid dienone is 18. The van der Waals surface area contributed by atoms with Crippen LogP contribution in [-0.4, -0.2) is 64.4 Å². The zero-order chi connectivity index (χ0) is 35.6. The van der Waals surface area contributed by atoms with Crippen molar-refractivity contribution >= 4 is 17.7 Å². The lowest BCUT2D eigenvalue weighted by Gasteiger charge is -2.36. The zero-order valence-corrected chi connectivity index (χ0v) is 29.0. The number of carbonyl (C=O) groups excluding carboxylic acids is 3. The summed E-state index contributed by atoms with van der Waals surface area (Å²) < 4.78 is 5.48. The van der Waals surface area contributed by atoms with Crippen molar-refractivity contribution in [2.24, 2.45) is 5.41 Å². The predicted molar refractivity (Wildman–Crippen MR) is 189 cm³/mol. The number of carbonyl (C=O) groups is 3. The second-order valence-electron chi connectivity index (χ2n) is 12.6. The van der Waals surface area contributed by atoms with Crippen LogP contribution in [0, 0.1) is 5.41 Å². The van der Waals surface area contributed by atoms with E-state index < -0.39 is 48.8 Å². The summed E-state index contributed by atoms with van der Waals surface area (Å²) in [5.41, 5.74) is 3.69. The molecule has 0 heterocycles. The molecule has 0 bridgehead atoms.